The molecule has 0 aromatic heterocycles. The smallest absolute Gasteiger partial charge is 0.257 e. The van der Waals surface area contributed by atoms with Crippen molar-refractivity contribution in [2.45, 2.75) is 51.5 Å². The van der Waals surface area contributed by atoms with Crippen LogP contribution in [0.25, 0.3) is 0 Å². The fourth-order valence-corrected chi connectivity index (χ4v) is 6.80. The number of nitrogens with zero attached hydrogens (tertiary/aromatic N) is 3. The van der Waals surface area contributed by atoms with Gasteiger partial charge in [-0.15, -0.1) is 0 Å². The molecule has 3 saturated heterocycles. The second-order valence-corrected chi connectivity index (χ2v) is 11.6. The topological polar surface area (TPSA) is 55.9 Å². The number of hydrogen-bond donors (Lipinski definition) is 1. The zero-order chi connectivity index (χ0) is 28.3. The van der Waals surface area contributed by atoms with E-state index in [1.54, 1.807) is 24.0 Å². The lowest BCUT2D eigenvalue weighted by atomic mass is 9.83. The summed E-state index contributed by atoms with van der Waals surface area (Å²) in [5.41, 5.74) is 4.63. The van der Waals surface area contributed by atoms with Gasteiger partial charge in [-0.3, -0.25) is 9.59 Å². The van der Waals surface area contributed by atoms with Gasteiger partial charge in [0.25, 0.3) is 5.91 Å². The minimum Gasteiger partial charge on any atom is -0.372 e. The number of piperidine rings is 1. The average molecular weight is 555 g/mol. The van der Waals surface area contributed by atoms with E-state index in [0.29, 0.717) is 24.9 Å². The van der Waals surface area contributed by atoms with E-state index in [2.05, 4.69) is 33.3 Å². The standard InChI is InChI=1S/C34H39FN4O2/c1-24-9-6-13-30(35)31(24)34(41)39-22-8-12-29(32(39)25-14-16-27(17-15-25)37-18-2-3-19-37)33(40)36-26-10-7-11-28(23-26)38-20-4-5-21-38/h6-7,9-11,13-17,23,29,32H,2-5,8,12,18-22H2,1H3,(H,36,40). The highest BCUT2D eigenvalue weighted by molar-refractivity contribution is 5.98. The van der Waals surface area contributed by atoms with Crippen molar-refractivity contribution < 1.29 is 14.0 Å². The molecule has 7 heteroatoms. The third-order valence-corrected chi connectivity index (χ3v) is 8.96. The van der Waals surface area contributed by atoms with Gasteiger partial charge < -0.3 is 20.0 Å². The molecule has 3 aliphatic heterocycles. The van der Waals surface area contributed by atoms with E-state index < -0.39 is 17.8 Å². The lowest BCUT2D eigenvalue weighted by molar-refractivity contribution is -0.123. The first-order valence-electron chi connectivity index (χ1n) is 15.1. The molecular formula is C34H39FN4O2. The number of amides is 2. The van der Waals surface area contributed by atoms with Gasteiger partial charge in [0.05, 0.1) is 17.5 Å². The molecule has 6 nitrogen and oxygen atoms in total. The summed E-state index contributed by atoms with van der Waals surface area (Å²) in [6.45, 7) is 6.38. The summed E-state index contributed by atoms with van der Waals surface area (Å²) in [7, 11) is 0. The van der Waals surface area contributed by atoms with Gasteiger partial charge in [-0.05, 0) is 93.0 Å². The molecule has 3 aromatic rings. The fourth-order valence-electron chi connectivity index (χ4n) is 6.80. The van der Waals surface area contributed by atoms with Crippen LogP contribution < -0.4 is 15.1 Å². The molecule has 3 fully saturated rings. The normalized spacial score (nSPS) is 20.9. The molecule has 3 heterocycles. The molecule has 2 amide bonds. The highest BCUT2D eigenvalue weighted by Gasteiger charge is 2.40. The van der Waals surface area contributed by atoms with Crippen LogP contribution in [-0.4, -0.2) is 49.4 Å². The van der Waals surface area contributed by atoms with Crippen LogP contribution in [-0.2, 0) is 4.79 Å². The van der Waals surface area contributed by atoms with Gasteiger partial charge in [-0.1, -0.05) is 30.3 Å². The Hall–Kier alpha value is -3.87. The number of aryl methyl sites for hydroxylation is 1. The van der Waals surface area contributed by atoms with Crippen LogP contribution in [0.4, 0.5) is 21.5 Å². The first-order chi connectivity index (χ1) is 20.0. The molecule has 0 saturated carbocycles. The number of nitrogens with one attached hydrogen (secondary N) is 1. The van der Waals surface area contributed by atoms with Gasteiger partial charge >= 0.3 is 0 Å². The Bertz CT molecular complexity index is 1380. The molecule has 3 aliphatic rings. The molecule has 0 spiro atoms. The van der Waals surface area contributed by atoms with Gasteiger partial charge in [0, 0.05) is 49.8 Å². The number of likely N-dealkylation sites (tertiary alicyclic amines) is 1. The number of benzene rings is 3. The SMILES string of the molecule is Cc1cccc(F)c1C(=O)N1CCCC(C(=O)Nc2cccc(N3CCCC3)c2)C1c1ccc(N2CCCC2)cc1. The van der Waals surface area contributed by atoms with E-state index in [0.717, 1.165) is 48.8 Å². The van der Waals surface area contributed by atoms with E-state index in [1.165, 1.54) is 31.7 Å². The quantitative estimate of drug-likeness (QED) is 0.375. The fraction of sp³-hybridized carbons (Fsp3) is 0.412. The van der Waals surface area contributed by atoms with Crippen molar-refractivity contribution in [1.82, 2.24) is 4.90 Å². The van der Waals surface area contributed by atoms with Crippen molar-refractivity contribution in [3.63, 3.8) is 0 Å². The predicted octanol–water partition coefficient (Wildman–Crippen LogP) is 6.57. The van der Waals surface area contributed by atoms with E-state index in [9.17, 15) is 14.0 Å². The number of hydrogen-bond acceptors (Lipinski definition) is 4. The summed E-state index contributed by atoms with van der Waals surface area (Å²) < 4.78 is 15.0. The predicted molar refractivity (Wildman–Crippen MR) is 162 cm³/mol. The van der Waals surface area contributed by atoms with Crippen LogP contribution in [0.15, 0.2) is 66.7 Å². The Morgan fingerprint density at radius 2 is 1.44 bits per heavy atom. The summed E-state index contributed by atoms with van der Waals surface area (Å²) in [5, 5.41) is 3.17. The molecule has 6 rings (SSSR count). The Balaban J connectivity index is 1.31. The minimum atomic E-state index is -0.525. The van der Waals surface area contributed by atoms with Crippen molar-refractivity contribution in [2.24, 2.45) is 5.92 Å². The molecule has 3 aromatic carbocycles. The molecular weight excluding hydrogens is 515 g/mol. The highest BCUT2D eigenvalue weighted by Crippen LogP contribution is 2.39. The average Bonchev–Trinajstić information content (AvgIpc) is 3.72. The monoisotopic (exact) mass is 554 g/mol. The maximum absolute atomic E-state index is 15.0. The number of carbonyl (C=O) groups excluding carboxylic acids is 2. The minimum absolute atomic E-state index is 0.0885. The molecule has 1 N–H and O–H groups in total. The summed E-state index contributed by atoms with van der Waals surface area (Å²) in [4.78, 5) is 34.4. The van der Waals surface area contributed by atoms with Crippen molar-refractivity contribution in [1.29, 1.82) is 0 Å². The van der Waals surface area contributed by atoms with Crippen molar-refractivity contribution in [2.75, 3.05) is 47.8 Å². The van der Waals surface area contributed by atoms with Gasteiger partial charge in [-0.25, -0.2) is 4.39 Å². The van der Waals surface area contributed by atoms with Crippen LogP contribution in [0.1, 0.15) is 66.1 Å². The van der Waals surface area contributed by atoms with E-state index in [4.69, 9.17) is 0 Å². The van der Waals surface area contributed by atoms with Crippen molar-refractivity contribution in [3.05, 3.63) is 89.2 Å². The Labute approximate surface area is 242 Å². The van der Waals surface area contributed by atoms with Gasteiger partial charge in [0.2, 0.25) is 5.91 Å². The van der Waals surface area contributed by atoms with E-state index in [-0.39, 0.29) is 17.4 Å². The zero-order valence-electron chi connectivity index (χ0n) is 23.8. The van der Waals surface area contributed by atoms with E-state index in [1.807, 2.05) is 30.3 Å². The largest absolute Gasteiger partial charge is 0.372 e. The van der Waals surface area contributed by atoms with Crippen LogP contribution in [0.2, 0.25) is 0 Å². The summed E-state index contributed by atoms with van der Waals surface area (Å²) in [5.74, 6) is -1.46. The Morgan fingerprint density at radius 1 is 0.780 bits per heavy atom. The third kappa shape index (κ3) is 5.67. The Kier molecular flexibility index (Phi) is 7.95. The lowest BCUT2D eigenvalue weighted by Gasteiger charge is -2.41. The van der Waals surface area contributed by atoms with Crippen LogP contribution in [0.3, 0.4) is 0 Å². The molecule has 0 radical (unpaired) electrons. The van der Waals surface area contributed by atoms with Gasteiger partial charge in [0.15, 0.2) is 0 Å². The van der Waals surface area contributed by atoms with E-state index >= 15 is 0 Å². The van der Waals surface area contributed by atoms with Crippen LogP contribution >= 0.6 is 0 Å². The molecule has 0 aliphatic carbocycles. The second-order valence-electron chi connectivity index (χ2n) is 11.6. The highest BCUT2D eigenvalue weighted by atomic mass is 19.1. The van der Waals surface area contributed by atoms with Crippen molar-refractivity contribution in [3.8, 4) is 0 Å². The molecule has 214 valence electrons. The first-order valence-corrected chi connectivity index (χ1v) is 15.1. The summed E-state index contributed by atoms with van der Waals surface area (Å²) in [6, 6.07) is 20.5. The molecule has 41 heavy (non-hydrogen) atoms. The summed E-state index contributed by atoms with van der Waals surface area (Å²) >= 11 is 0. The van der Waals surface area contributed by atoms with Crippen LogP contribution in [0.5, 0.6) is 0 Å². The second kappa shape index (κ2) is 11.9. The first kappa shape index (κ1) is 27.3. The number of anilines is 3. The van der Waals surface area contributed by atoms with Crippen LogP contribution in [0, 0.1) is 18.7 Å². The zero-order valence-corrected chi connectivity index (χ0v) is 23.8. The lowest BCUT2D eigenvalue weighted by Crippen LogP contribution is -2.46. The Morgan fingerprint density at radius 3 is 2.12 bits per heavy atom. The summed E-state index contributed by atoms with van der Waals surface area (Å²) in [6.07, 6.45) is 6.07. The number of carbonyl (C=O) groups is 2. The molecule has 0 bridgehead atoms. The molecule has 2 atom stereocenters. The van der Waals surface area contributed by atoms with Gasteiger partial charge in [0.1, 0.15) is 5.82 Å². The maximum Gasteiger partial charge on any atom is 0.257 e. The third-order valence-electron chi connectivity index (χ3n) is 8.96. The van der Waals surface area contributed by atoms with Gasteiger partial charge in [-0.2, -0.15) is 0 Å². The number of halogens is 1. The van der Waals surface area contributed by atoms with Crippen molar-refractivity contribution >= 4 is 28.9 Å². The maximum atomic E-state index is 15.0. The molecule has 2 unspecified atom stereocenters. The number of rotatable bonds is 6.